The zero-order valence-electron chi connectivity index (χ0n) is 2.49. The number of phosphoric acid groups is 1. The van der Waals surface area contributed by atoms with Crippen molar-refractivity contribution in [2.24, 2.45) is 0 Å². The first kappa shape index (κ1) is 9.93. The van der Waals surface area contributed by atoms with Crippen LogP contribution in [0.5, 0.6) is 0 Å². The van der Waals surface area contributed by atoms with Crippen LogP contribution in [0.2, 0.25) is 0 Å². The van der Waals surface area contributed by atoms with E-state index < -0.39 is 7.82 Å². The largest absolute Gasteiger partial charge is 3.00 e. The van der Waals surface area contributed by atoms with E-state index in [9.17, 15) is 0 Å². The molecule has 0 aromatic rings. The quantitative estimate of drug-likeness (QED) is 0.305. The van der Waals surface area contributed by atoms with Gasteiger partial charge in [0.2, 0.25) is 0 Å². The molecule has 0 fully saturated rings. The Morgan fingerprint density at radius 3 is 1.17 bits per heavy atom. The molecule has 0 saturated carbocycles. The molecule has 0 N–H and O–H groups in total. The zero-order valence-corrected chi connectivity index (χ0v) is 5.39. The fourth-order valence-corrected chi connectivity index (χ4v) is 0. The van der Waals surface area contributed by atoms with Crippen molar-refractivity contribution in [2.75, 3.05) is 0 Å². The smallest absolute Gasteiger partial charge is 0.822 e. The molecule has 0 saturated heterocycles. The van der Waals surface area contributed by atoms with Crippen molar-refractivity contribution in [1.29, 1.82) is 0 Å². The van der Waals surface area contributed by atoms with Gasteiger partial charge in [0.15, 0.2) is 0 Å². The molecule has 0 spiro atoms. The van der Waals surface area contributed by atoms with E-state index in [-0.39, 0.29) is 21.1 Å². The molecule has 0 aliphatic heterocycles. The summed E-state index contributed by atoms with van der Waals surface area (Å²) in [6, 6.07) is 0. The van der Waals surface area contributed by atoms with Crippen LogP contribution in [0.1, 0.15) is 0 Å². The van der Waals surface area contributed by atoms with Gasteiger partial charge in [-0.25, -0.2) is 0 Å². The van der Waals surface area contributed by atoms with E-state index in [1.165, 1.54) is 0 Å². The number of hydrogen-bond acceptors (Lipinski definition) is 4. The van der Waals surface area contributed by atoms with E-state index in [1.54, 1.807) is 0 Å². The predicted octanol–water partition coefficient (Wildman–Crippen LogP) is -2.83. The Morgan fingerprint density at radius 2 is 1.17 bits per heavy atom. The zero-order chi connectivity index (χ0) is 4.50. The monoisotopic (exact) mass is 193 g/mol. The van der Waals surface area contributed by atoms with Crippen LogP contribution in [0.15, 0.2) is 0 Å². The van der Waals surface area contributed by atoms with Gasteiger partial charge in [0, 0.05) is 0 Å². The normalized spacial score (nSPS) is 9.83. The second kappa shape index (κ2) is 2.89. The van der Waals surface area contributed by atoms with Crippen LogP contribution in [-0.2, 0) is 25.6 Å². The van der Waals surface area contributed by atoms with Crippen molar-refractivity contribution in [3.05, 3.63) is 0 Å². The number of hydrogen-bond donors (Lipinski definition) is 0. The second-order valence-corrected chi connectivity index (χ2v) is 1.34. The summed E-state index contributed by atoms with van der Waals surface area (Å²) in [5.41, 5.74) is 0. The molecule has 1 radical (unpaired) electrons. The maximum Gasteiger partial charge on any atom is 3.00 e. The Balaban J connectivity index is 0. The third-order valence-electron chi connectivity index (χ3n) is 0. The molecule has 0 atom stereocenters. The van der Waals surface area contributed by atoms with Crippen molar-refractivity contribution in [3.63, 3.8) is 0 Å². The van der Waals surface area contributed by atoms with Crippen LogP contribution in [-0.4, -0.2) is 0 Å². The van der Waals surface area contributed by atoms with Crippen molar-refractivity contribution >= 4 is 7.82 Å². The van der Waals surface area contributed by atoms with Gasteiger partial charge < -0.3 is 19.2 Å². The van der Waals surface area contributed by atoms with Crippen LogP contribution in [0, 0.1) is 0 Å². The summed E-state index contributed by atoms with van der Waals surface area (Å²) in [6.45, 7) is 0. The Hall–Kier alpha value is 0.798. The molecule has 6 heavy (non-hydrogen) atoms. The van der Waals surface area contributed by atoms with Gasteiger partial charge in [-0.2, -0.15) is 7.82 Å². The van der Waals surface area contributed by atoms with Crippen LogP contribution in [0.25, 0.3) is 0 Å². The van der Waals surface area contributed by atoms with Gasteiger partial charge in [0.05, 0.1) is 0 Å². The summed E-state index contributed by atoms with van der Waals surface area (Å²) in [5.74, 6) is 0. The summed E-state index contributed by atoms with van der Waals surface area (Å²) >= 11 is 0. The minimum absolute atomic E-state index is 0. The molecular weight excluding hydrogens is 191 g/mol. The Morgan fingerprint density at radius 1 is 1.17 bits per heavy atom. The molecule has 0 heterocycles. The number of rotatable bonds is 0. The third kappa shape index (κ3) is 109. The average molecular weight is 191 g/mol. The molecule has 0 aliphatic rings. The third-order valence-corrected chi connectivity index (χ3v) is 0. The van der Waals surface area contributed by atoms with Crippen LogP contribution < -0.4 is 14.7 Å². The Labute approximate surface area is 48.7 Å². The van der Waals surface area contributed by atoms with Crippen molar-refractivity contribution in [3.8, 4) is 0 Å². The van der Waals surface area contributed by atoms with Crippen molar-refractivity contribution in [1.82, 2.24) is 0 Å². The summed E-state index contributed by atoms with van der Waals surface area (Å²) in [6.07, 6.45) is 0. The van der Waals surface area contributed by atoms with Gasteiger partial charge in [-0.15, -0.1) is 0 Å². The van der Waals surface area contributed by atoms with E-state index >= 15 is 0 Å². The summed E-state index contributed by atoms with van der Waals surface area (Å²) < 4.78 is 8.55. The van der Waals surface area contributed by atoms with E-state index in [0.29, 0.717) is 0 Å². The van der Waals surface area contributed by atoms with E-state index in [0.717, 1.165) is 0 Å². The molecule has 0 aliphatic carbocycles. The minimum atomic E-state index is -5.39. The summed E-state index contributed by atoms with van der Waals surface area (Å²) in [7, 11) is -5.39. The van der Waals surface area contributed by atoms with Gasteiger partial charge in [-0.05, 0) is 0 Å². The van der Waals surface area contributed by atoms with Gasteiger partial charge >= 0.3 is 21.1 Å². The molecule has 0 aromatic heterocycles. The fourth-order valence-electron chi connectivity index (χ4n) is 0. The summed E-state index contributed by atoms with van der Waals surface area (Å²) in [5, 5.41) is 0. The first-order chi connectivity index (χ1) is 2.00. The second-order valence-electron chi connectivity index (χ2n) is 0.447. The maximum absolute atomic E-state index is 8.55. The van der Waals surface area contributed by atoms with Gasteiger partial charge in [0.1, 0.15) is 0 Å². The van der Waals surface area contributed by atoms with Crippen LogP contribution >= 0.6 is 7.82 Å². The Kier molecular flexibility index (Phi) is 4.78. The topological polar surface area (TPSA) is 86.2 Å². The first-order valence-corrected chi connectivity index (χ1v) is 2.19. The molecule has 0 aromatic carbocycles. The van der Waals surface area contributed by atoms with Gasteiger partial charge in [-0.3, -0.25) is 0 Å². The standard InChI is InChI=1S/Mo.H3O4P/c;1-5(2,3)4/h;(H3,1,2,3,4)/q+3;/p-3. The van der Waals surface area contributed by atoms with E-state index in [4.69, 9.17) is 19.2 Å². The van der Waals surface area contributed by atoms with Gasteiger partial charge in [0.25, 0.3) is 0 Å². The average Bonchev–Trinajstić information content (AvgIpc) is 0.722. The summed E-state index contributed by atoms with van der Waals surface area (Å²) in [4.78, 5) is 25.6. The fraction of sp³-hybridized carbons (Fsp3) is 0. The van der Waals surface area contributed by atoms with Crippen molar-refractivity contribution in [2.45, 2.75) is 0 Å². The molecule has 6 heteroatoms. The molecule has 35 valence electrons. The van der Waals surface area contributed by atoms with Crippen LogP contribution in [0.4, 0.5) is 0 Å². The van der Waals surface area contributed by atoms with E-state index in [2.05, 4.69) is 0 Å². The molecular formula is MoO4P. The first-order valence-electron chi connectivity index (χ1n) is 0.730. The molecule has 4 nitrogen and oxygen atoms in total. The minimum Gasteiger partial charge on any atom is -0.822 e. The molecule has 0 bridgehead atoms. The molecule has 0 amide bonds. The molecule has 0 unspecified atom stereocenters. The SMILES string of the molecule is O=P([O-])([O-])[O-].[Mo+3]. The molecule has 0 rings (SSSR count). The van der Waals surface area contributed by atoms with Crippen LogP contribution in [0.3, 0.4) is 0 Å². The van der Waals surface area contributed by atoms with E-state index in [1.807, 2.05) is 0 Å². The van der Waals surface area contributed by atoms with Gasteiger partial charge in [-0.1, -0.05) is 0 Å². The Bertz CT molecular complexity index is 53.7. The predicted molar refractivity (Wildman–Crippen MR) is 7.61 cm³/mol. The van der Waals surface area contributed by atoms with Crippen molar-refractivity contribution < 1.29 is 40.3 Å². The maximum atomic E-state index is 8.55.